The predicted molar refractivity (Wildman–Crippen MR) is 87.4 cm³/mol. The summed E-state index contributed by atoms with van der Waals surface area (Å²) in [6, 6.07) is 3.10. The Hall–Kier alpha value is -3.37. The maximum absolute atomic E-state index is 11.4. The molecule has 26 heavy (non-hydrogen) atoms. The number of tetrazole rings is 1. The van der Waals surface area contributed by atoms with E-state index in [1.807, 2.05) is 0 Å². The first-order valence-corrected chi connectivity index (χ1v) is 7.84. The van der Waals surface area contributed by atoms with Crippen LogP contribution in [0.4, 0.5) is 0 Å². The van der Waals surface area contributed by atoms with Gasteiger partial charge in [0.1, 0.15) is 24.4 Å². The Balaban J connectivity index is 1.62. The second-order valence-electron chi connectivity index (χ2n) is 6.29. The number of carboxylic acids is 1. The Kier molecular flexibility index (Phi) is 4.61. The third-order valence-electron chi connectivity index (χ3n) is 4.24. The van der Waals surface area contributed by atoms with E-state index in [0.717, 1.165) is 0 Å². The molecule has 11 nitrogen and oxygen atoms in total. The smallest absolute Gasteiger partial charge is 0.311 e. The first-order valence-electron chi connectivity index (χ1n) is 7.84. The van der Waals surface area contributed by atoms with Crippen molar-refractivity contribution in [2.75, 3.05) is 0 Å². The van der Waals surface area contributed by atoms with Crippen LogP contribution in [0.25, 0.3) is 5.82 Å². The Bertz CT molecular complexity index is 873. The van der Waals surface area contributed by atoms with E-state index in [1.165, 1.54) is 15.7 Å². The topological polar surface area (TPSA) is 134 Å². The molecule has 3 heterocycles. The molecule has 0 spiro atoms. The lowest BCUT2D eigenvalue weighted by atomic mass is 9.86. The average molecular weight is 358 g/mol. The number of carbonyl (C=O) groups is 1. The highest BCUT2D eigenvalue weighted by atomic mass is 16.5. The minimum atomic E-state index is -0.970. The number of pyridine rings is 1. The fourth-order valence-corrected chi connectivity index (χ4v) is 2.10. The highest BCUT2D eigenvalue weighted by Gasteiger charge is 2.35. The minimum Gasteiger partial charge on any atom is -0.486 e. The van der Waals surface area contributed by atoms with Crippen LogP contribution in [-0.2, 0) is 11.4 Å². The largest absolute Gasteiger partial charge is 0.486 e. The molecule has 0 saturated carbocycles. The van der Waals surface area contributed by atoms with Gasteiger partial charge in [-0.1, -0.05) is 5.21 Å². The lowest BCUT2D eigenvalue weighted by Crippen LogP contribution is -2.33. The first-order chi connectivity index (χ1) is 12.4. The molecule has 0 aliphatic carbocycles. The van der Waals surface area contributed by atoms with Gasteiger partial charge < -0.3 is 9.84 Å². The lowest BCUT2D eigenvalue weighted by Gasteiger charge is -2.26. The summed E-state index contributed by atoms with van der Waals surface area (Å²) in [6.45, 7) is 5.27. The summed E-state index contributed by atoms with van der Waals surface area (Å²) in [5, 5.41) is 28.2. The van der Waals surface area contributed by atoms with Crippen LogP contribution < -0.4 is 4.74 Å². The molecule has 0 bridgehead atoms. The van der Waals surface area contributed by atoms with Crippen LogP contribution in [0.3, 0.4) is 0 Å². The van der Waals surface area contributed by atoms with E-state index < -0.39 is 11.4 Å². The van der Waals surface area contributed by atoms with E-state index >= 15 is 0 Å². The zero-order valence-electron chi connectivity index (χ0n) is 14.5. The zero-order chi connectivity index (χ0) is 18.7. The molecule has 0 aliphatic rings. The predicted octanol–water partition coefficient (Wildman–Crippen LogP) is 0.900. The molecule has 3 rings (SSSR count). The summed E-state index contributed by atoms with van der Waals surface area (Å²) in [5.74, 6) is 0.223. The Morgan fingerprint density at radius 1 is 1.35 bits per heavy atom. The molecule has 0 fully saturated rings. The molecule has 1 unspecified atom stereocenters. The molecule has 3 aromatic rings. The van der Waals surface area contributed by atoms with Crippen molar-refractivity contribution in [3.05, 3.63) is 36.5 Å². The van der Waals surface area contributed by atoms with Crippen molar-refractivity contribution in [2.24, 2.45) is 5.41 Å². The quantitative estimate of drug-likeness (QED) is 0.653. The molecular formula is C15H18N8O3. The summed E-state index contributed by atoms with van der Waals surface area (Å²) in [7, 11) is 0. The van der Waals surface area contributed by atoms with Crippen molar-refractivity contribution < 1.29 is 14.6 Å². The second kappa shape index (κ2) is 6.86. The summed E-state index contributed by atoms with van der Waals surface area (Å²) < 4.78 is 8.60. The number of nitrogens with zero attached hydrogens (tertiary/aromatic N) is 8. The van der Waals surface area contributed by atoms with Crippen molar-refractivity contribution in [1.82, 2.24) is 40.2 Å². The minimum absolute atomic E-state index is 0.187. The fourth-order valence-electron chi connectivity index (χ4n) is 2.10. The van der Waals surface area contributed by atoms with Crippen molar-refractivity contribution in [3.63, 3.8) is 0 Å². The van der Waals surface area contributed by atoms with E-state index in [4.69, 9.17) is 4.74 Å². The van der Waals surface area contributed by atoms with Gasteiger partial charge in [-0.3, -0.25) is 4.79 Å². The summed E-state index contributed by atoms with van der Waals surface area (Å²) >= 11 is 0. The Labute approximate surface area is 148 Å². The maximum atomic E-state index is 11.4. The normalized spacial score (nSPS) is 12.7. The fraction of sp³-hybridized carbons (Fsp3) is 0.400. The average Bonchev–Trinajstić information content (AvgIpc) is 3.31. The molecule has 136 valence electrons. The number of carboxylic acid groups (broad SMARTS) is 1. The van der Waals surface area contributed by atoms with Crippen LogP contribution in [0.5, 0.6) is 5.75 Å². The highest BCUT2D eigenvalue weighted by Crippen LogP contribution is 2.30. The van der Waals surface area contributed by atoms with E-state index in [2.05, 4.69) is 30.8 Å². The van der Waals surface area contributed by atoms with Gasteiger partial charge in [-0.2, -0.15) is 4.68 Å². The lowest BCUT2D eigenvalue weighted by molar-refractivity contribution is -0.149. The van der Waals surface area contributed by atoms with Crippen LogP contribution in [0.2, 0.25) is 0 Å². The third-order valence-corrected chi connectivity index (χ3v) is 4.24. The molecule has 0 radical (unpaired) electrons. The monoisotopic (exact) mass is 358 g/mol. The number of hydrogen-bond donors (Lipinski definition) is 1. The molecule has 0 amide bonds. The molecule has 3 aromatic heterocycles. The van der Waals surface area contributed by atoms with Crippen molar-refractivity contribution in [3.8, 4) is 11.6 Å². The first kappa shape index (κ1) is 17.5. The van der Waals surface area contributed by atoms with Gasteiger partial charge in [0.2, 0.25) is 0 Å². The van der Waals surface area contributed by atoms with Gasteiger partial charge in [0.25, 0.3) is 0 Å². The van der Waals surface area contributed by atoms with Gasteiger partial charge in [0.15, 0.2) is 5.82 Å². The molecule has 0 saturated heterocycles. The number of hydrogen-bond acceptors (Lipinski definition) is 8. The second-order valence-corrected chi connectivity index (χ2v) is 6.29. The number of rotatable bonds is 7. The van der Waals surface area contributed by atoms with Gasteiger partial charge in [0, 0.05) is 0 Å². The zero-order valence-corrected chi connectivity index (χ0v) is 14.5. The maximum Gasteiger partial charge on any atom is 0.311 e. The third kappa shape index (κ3) is 3.50. The standard InChI is InChI=1S/C15H18N8O3/c1-10(15(2,3)14(24)25)22-7-11(18-20-22)8-26-12-4-5-13(16-6-12)23-9-17-19-21-23/h4-7,9-10H,8H2,1-3H3,(H,24,25). The van der Waals surface area contributed by atoms with E-state index in [0.29, 0.717) is 17.3 Å². The molecule has 1 atom stereocenters. The number of aliphatic carboxylic acids is 1. The van der Waals surface area contributed by atoms with Crippen molar-refractivity contribution >= 4 is 5.97 Å². The van der Waals surface area contributed by atoms with Crippen LogP contribution in [0, 0.1) is 5.41 Å². The molecular weight excluding hydrogens is 340 g/mol. The van der Waals surface area contributed by atoms with Crippen LogP contribution >= 0.6 is 0 Å². The Morgan fingerprint density at radius 2 is 2.15 bits per heavy atom. The van der Waals surface area contributed by atoms with E-state index in [-0.39, 0.29) is 12.6 Å². The molecule has 0 aliphatic heterocycles. The van der Waals surface area contributed by atoms with E-state index in [1.54, 1.807) is 45.3 Å². The Morgan fingerprint density at radius 3 is 2.77 bits per heavy atom. The van der Waals surface area contributed by atoms with Gasteiger partial charge >= 0.3 is 5.97 Å². The van der Waals surface area contributed by atoms with Crippen LogP contribution in [0.1, 0.15) is 32.5 Å². The van der Waals surface area contributed by atoms with Crippen molar-refractivity contribution in [2.45, 2.75) is 33.4 Å². The van der Waals surface area contributed by atoms with Crippen molar-refractivity contribution in [1.29, 1.82) is 0 Å². The van der Waals surface area contributed by atoms with Gasteiger partial charge in [-0.25, -0.2) is 9.67 Å². The molecule has 0 aromatic carbocycles. The number of ether oxygens (including phenoxy) is 1. The summed E-state index contributed by atoms with van der Waals surface area (Å²) in [4.78, 5) is 15.6. The number of aromatic nitrogens is 8. The molecule has 11 heteroatoms. The van der Waals surface area contributed by atoms with Gasteiger partial charge in [-0.05, 0) is 43.3 Å². The van der Waals surface area contributed by atoms with Gasteiger partial charge in [-0.15, -0.1) is 10.2 Å². The summed E-state index contributed by atoms with van der Waals surface area (Å²) in [6.07, 6.45) is 4.68. The van der Waals surface area contributed by atoms with Crippen LogP contribution in [-0.4, -0.2) is 51.3 Å². The van der Waals surface area contributed by atoms with Crippen LogP contribution in [0.15, 0.2) is 30.9 Å². The highest BCUT2D eigenvalue weighted by molar-refractivity contribution is 5.74. The SMILES string of the molecule is CC(n1cc(COc2ccc(-n3cnnn3)nc2)nn1)C(C)(C)C(=O)O. The van der Waals surface area contributed by atoms with E-state index in [9.17, 15) is 9.90 Å². The molecule has 1 N–H and O–H groups in total. The summed E-state index contributed by atoms with van der Waals surface area (Å²) in [5.41, 5.74) is -0.385. The van der Waals surface area contributed by atoms with Gasteiger partial charge in [0.05, 0.1) is 23.9 Å².